The second-order valence-electron chi connectivity index (χ2n) is 5.38. The zero-order valence-electron chi connectivity index (χ0n) is 11.3. The van der Waals surface area contributed by atoms with Crippen molar-refractivity contribution in [1.29, 1.82) is 0 Å². The Balaban J connectivity index is 1.96. The van der Waals surface area contributed by atoms with Crippen molar-refractivity contribution in [1.82, 2.24) is 0 Å². The van der Waals surface area contributed by atoms with Gasteiger partial charge in [-0.15, -0.1) is 0 Å². The molecule has 0 bridgehead atoms. The van der Waals surface area contributed by atoms with Crippen LogP contribution in [0, 0.1) is 18.8 Å². The van der Waals surface area contributed by atoms with Gasteiger partial charge in [-0.05, 0) is 72.6 Å². The summed E-state index contributed by atoms with van der Waals surface area (Å²) < 4.78 is 0.971. The summed E-state index contributed by atoms with van der Waals surface area (Å²) >= 11 is 3.52. The van der Waals surface area contributed by atoms with E-state index in [9.17, 15) is 4.79 Å². The van der Waals surface area contributed by atoms with Crippen LogP contribution in [0.4, 0.5) is 5.69 Å². The third kappa shape index (κ3) is 3.57. The minimum absolute atomic E-state index is 0.134. The van der Waals surface area contributed by atoms with Crippen LogP contribution in [0.5, 0.6) is 0 Å². The van der Waals surface area contributed by atoms with E-state index in [2.05, 4.69) is 21.2 Å². The maximum absolute atomic E-state index is 12.3. The van der Waals surface area contributed by atoms with Crippen molar-refractivity contribution in [3.05, 3.63) is 28.2 Å². The first-order valence-electron chi connectivity index (χ1n) is 6.88. The van der Waals surface area contributed by atoms with E-state index in [4.69, 9.17) is 5.73 Å². The van der Waals surface area contributed by atoms with Crippen LogP contribution < -0.4 is 11.1 Å². The number of halogens is 1. The van der Waals surface area contributed by atoms with Crippen LogP contribution in [0.1, 0.15) is 31.2 Å². The smallest absolute Gasteiger partial charge is 0.227 e. The van der Waals surface area contributed by atoms with Gasteiger partial charge >= 0.3 is 0 Å². The van der Waals surface area contributed by atoms with Crippen LogP contribution in [0.15, 0.2) is 22.7 Å². The van der Waals surface area contributed by atoms with Crippen molar-refractivity contribution in [3.63, 3.8) is 0 Å². The zero-order valence-corrected chi connectivity index (χ0v) is 12.9. The third-order valence-electron chi connectivity index (χ3n) is 4.00. The Morgan fingerprint density at radius 1 is 1.37 bits per heavy atom. The standard InChI is InChI=1S/C15H21BrN2O/c1-10-3-2-4-13(14(10)16)18-15(19)12-7-5-11(9-17)6-8-12/h2-4,11-12H,5-9,17H2,1H3,(H,18,19). The van der Waals surface area contributed by atoms with E-state index in [0.717, 1.165) is 48.0 Å². The number of carbonyl (C=O) groups is 1. The predicted molar refractivity (Wildman–Crippen MR) is 82.0 cm³/mol. The van der Waals surface area contributed by atoms with Crippen LogP contribution in [0.2, 0.25) is 0 Å². The van der Waals surface area contributed by atoms with Gasteiger partial charge in [0.1, 0.15) is 0 Å². The number of benzene rings is 1. The van der Waals surface area contributed by atoms with Gasteiger partial charge in [0.2, 0.25) is 5.91 Å². The van der Waals surface area contributed by atoms with Crippen molar-refractivity contribution >= 4 is 27.5 Å². The summed E-state index contributed by atoms with van der Waals surface area (Å²) in [6.45, 7) is 2.77. The number of nitrogens with one attached hydrogen (secondary N) is 1. The van der Waals surface area contributed by atoms with E-state index < -0.39 is 0 Å². The molecule has 0 radical (unpaired) electrons. The van der Waals surface area contributed by atoms with Crippen LogP contribution in [0.25, 0.3) is 0 Å². The van der Waals surface area contributed by atoms with E-state index in [1.807, 2.05) is 25.1 Å². The summed E-state index contributed by atoms with van der Waals surface area (Å²) in [4.78, 5) is 12.3. The molecule has 0 unspecified atom stereocenters. The highest BCUT2D eigenvalue weighted by atomic mass is 79.9. The summed E-state index contributed by atoms with van der Waals surface area (Å²) in [5.74, 6) is 0.881. The van der Waals surface area contributed by atoms with Gasteiger partial charge in [-0.3, -0.25) is 4.79 Å². The normalized spacial score (nSPS) is 23.1. The summed E-state index contributed by atoms with van der Waals surface area (Å²) in [6, 6.07) is 5.91. The lowest BCUT2D eigenvalue weighted by Crippen LogP contribution is -2.29. The van der Waals surface area contributed by atoms with E-state index in [-0.39, 0.29) is 11.8 Å². The molecule has 1 amide bonds. The van der Waals surface area contributed by atoms with E-state index in [0.29, 0.717) is 5.92 Å². The maximum Gasteiger partial charge on any atom is 0.227 e. The number of anilines is 1. The number of hydrogen-bond acceptors (Lipinski definition) is 2. The fraction of sp³-hybridized carbons (Fsp3) is 0.533. The first-order valence-corrected chi connectivity index (χ1v) is 7.67. The topological polar surface area (TPSA) is 55.1 Å². The molecular weight excluding hydrogens is 304 g/mol. The molecule has 2 rings (SSSR count). The molecule has 1 fully saturated rings. The Morgan fingerprint density at radius 3 is 2.68 bits per heavy atom. The van der Waals surface area contributed by atoms with E-state index >= 15 is 0 Å². The minimum atomic E-state index is 0.134. The molecule has 1 aromatic carbocycles. The molecule has 0 aromatic heterocycles. The lowest BCUT2D eigenvalue weighted by Gasteiger charge is -2.27. The van der Waals surface area contributed by atoms with Gasteiger partial charge < -0.3 is 11.1 Å². The Bertz CT molecular complexity index is 453. The highest BCUT2D eigenvalue weighted by Crippen LogP contribution is 2.31. The molecule has 4 heteroatoms. The molecule has 0 aliphatic heterocycles. The molecular formula is C15H21BrN2O. The van der Waals surface area contributed by atoms with Gasteiger partial charge in [0.15, 0.2) is 0 Å². The number of hydrogen-bond donors (Lipinski definition) is 2. The van der Waals surface area contributed by atoms with Gasteiger partial charge in [-0.1, -0.05) is 12.1 Å². The van der Waals surface area contributed by atoms with E-state index in [1.54, 1.807) is 0 Å². The number of aryl methyl sites for hydroxylation is 1. The second-order valence-corrected chi connectivity index (χ2v) is 6.17. The number of amides is 1. The highest BCUT2D eigenvalue weighted by Gasteiger charge is 2.25. The number of nitrogens with two attached hydrogens (primary N) is 1. The highest BCUT2D eigenvalue weighted by molar-refractivity contribution is 9.10. The van der Waals surface area contributed by atoms with Crippen molar-refractivity contribution in [2.45, 2.75) is 32.6 Å². The molecule has 19 heavy (non-hydrogen) atoms. The van der Waals surface area contributed by atoms with Crippen LogP contribution in [0.3, 0.4) is 0 Å². The van der Waals surface area contributed by atoms with Crippen molar-refractivity contribution in [3.8, 4) is 0 Å². The SMILES string of the molecule is Cc1cccc(NC(=O)C2CCC(CN)CC2)c1Br. The lowest BCUT2D eigenvalue weighted by molar-refractivity contribution is -0.121. The first kappa shape index (κ1) is 14.5. The van der Waals surface area contributed by atoms with Gasteiger partial charge in [0.25, 0.3) is 0 Å². The predicted octanol–water partition coefficient (Wildman–Crippen LogP) is 3.46. The monoisotopic (exact) mass is 324 g/mol. The number of rotatable bonds is 3. The average molecular weight is 325 g/mol. The lowest BCUT2D eigenvalue weighted by atomic mass is 9.81. The van der Waals surface area contributed by atoms with Crippen LogP contribution in [-0.4, -0.2) is 12.5 Å². The van der Waals surface area contributed by atoms with Crippen molar-refractivity contribution in [2.24, 2.45) is 17.6 Å². The third-order valence-corrected chi connectivity index (χ3v) is 5.05. The first-order chi connectivity index (χ1) is 9.11. The Morgan fingerprint density at radius 2 is 2.05 bits per heavy atom. The summed E-state index contributed by atoms with van der Waals surface area (Å²) in [5.41, 5.74) is 7.67. The molecule has 1 aliphatic carbocycles. The maximum atomic E-state index is 12.3. The Hall–Kier alpha value is -0.870. The van der Waals surface area contributed by atoms with Gasteiger partial charge in [-0.25, -0.2) is 0 Å². The molecule has 1 aliphatic rings. The molecule has 3 nitrogen and oxygen atoms in total. The number of carbonyl (C=O) groups excluding carboxylic acids is 1. The second kappa shape index (κ2) is 6.53. The van der Waals surface area contributed by atoms with Crippen molar-refractivity contribution < 1.29 is 4.79 Å². The Kier molecular flexibility index (Phi) is 4.99. The molecule has 104 valence electrons. The molecule has 0 saturated heterocycles. The average Bonchev–Trinajstić information content (AvgIpc) is 2.44. The van der Waals surface area contributed by atoms with E-state index in [1.165, 1.54) is 0 Å². The largest absolute Gasteiger partial charge is 0.330 e. The zero-order chi connectivity index (χ0) is 13.8. The van der Waals surface area contributed by atoms with Gasteiger partial charge in [-0.2, -0.15) is 0 Å². The van der Waals surface area contributed by atoms with Crippen LogP contribution >= 0.6 is 15.9 Å². The molecule has 0 heterocycles. The molecule has 0 atom stereocenters. The fourth-order valence-corrected chi connectivity index (χ4v) is 3.00. The minimum Gasteiger partial charge on any atom is -0.330 e. The molecule has 1 saturated carbocycles. The molecule has 0 spiro atoms. The summed E-state index contributed by atoms with van der Waals surface area (Å²) in [6.07, 6.45) is 4.06. The quantitative estimate of drug-likeness (QED) is 0.894. The fourth-order valence-electron chi connectivity index (χ4n) is 2.64. The summed E-state index contributed by atoms with van der Waals surface area (Å²) in [5, 5.41) is 3.04. The van der Waals surface area contributed by atoms with Gasteiger partial charge in [0, 0.05) is 10.4 Å². The van der Waals surface area contributed by atoms with Crippen LogP contribution in [-0.2, 0) is 4.79 Å². The Labute approximate surface area is 123 Å². The summed E-state index contributed by atoms with van der Waals surface area (Å²) in [7, 11) is 0. The van der Waals surface area contributed by atoms with Crippen molar-refractivity contribution in [2.75, 3.05) is 11.9 Å². The molecule has 1 aromatic rings. The molecule has 3 N–H and O–H groups in total. The van der Waals surface area contributed by atoms with Gasteiger partial charge in [0.05, 0.1) is 5.69 Å².